The zero-order valence-corrected chi connectivity index (χ0v) is 12.3. The molecular weight excluding hydrogens is 282 g/mol. The van der Waals surface area contributed by atoms with Crippen LogP contribution in [-0.4, -0.2) is 41.8 Å². The van der Waals surface area contributed by atoms with Gasteiger partial charge in [0, 0.05) is 31.7 Å². The molecule has 0 spiro atoms. The number of rotatable bonds is 8. The fourth-order valence-corrected chi connectivity index (χ4v) is 2.37. The second-order valence-electron chi connectivity index (χ2n) is 4.12. The summed E-state index contributed by atoms with van der Waals surface area (Å²) in [5.74, 6) is -1.08. The zero-order chi connectivity index (χ0) is 15.0. The van der Waals surface area contributed by atoms with Crippen LogP contribution in [0.1, 0.15) is 30.8 Å². The molecule has 1 aromatic rings. The Bertz CT molecular complexity index is 424. The van der Waals surface area contributed by atoms with E-state index in [4.69, 9.17) is 9.84 Å². The summed E-state index contributed by atoms with van der Waals surface area (Å²) in [6.45, 7) is 2.19. The van der Waals surface area contributed by atoms with E-state index >= 15 is 0 Å². The number of aliphatic carboxylic acids is 1. The van der Waals surface area contributed by atoms with Crippen molar-refractivity contribution in [2.45, 2.75) is 31.8 Å². The molecule has 0 fully saturated rings. The number of methoxy groups -OCH3 is 1. The van der Waals surface area contributed by atoms with Crippen molar-refractivity contribution in [2.24, 2.45) is 0 Å². The number of carbonyl (C=O) groups is 2. The van der Waals surface area contributed by atoms with E-state index in [1.807, 2.05) is 12.3 Å². The van der Waals surface area contributed by atoms with Crippen LogP contribution in [0.3, 0.4) is 0 Å². The molecule has 7 nitrogen and oxygen atoms in total. The van der Waals surface area contributed by atoms with Crippen LogP contribution in [0.2, 0.25) is 0 Å². The maximum absolute atomic E-state index is 11.8. The van der Waals surface area contributed by atoms with E-state index in [1.54, 1.807) is 6.20 Å². The first-order chi connectivity index (χ1) is 9.58. The third-order valence-electron chi connectivity index (χ3n) is 2.68. The SMILES string of the molecule is CCC(NC(=O)NC(CCOC)C(=O)O)c1nccs1. The number of carboxylic acid groups (broad SMARTS) is 1. The first kappa shape index (κ1) is 16.4. The summed E-state index contributed by atoms with van der Waals surface area (Å²) in [7, 11) is 1.48. The van der Waals surface area contributed by atoms with Crippen LogP contribution in [0, 0.1) is 0 Å². The summed E-state index contributed by atoms with van der Waals surface area (Å²) in [6.07, 6.45) is 2.56. The number of amides is 2. The maximum atomic E-state index is 11.8. The molecule has 0 saturated carbocycles. The molecule has 0 saturated heterocycles. The molecule has 2 atom stereocenters. The molecule has 0 aromatic carbocycles. The minimum atomic E-state index is -1.08. The van der Waals surface area contributed by atoms with Gasteiger partial charge in [-0.05, 0) is 6.42 Å². The Kier molecular flexibility index (Phi) is 6.96. The number of nitrogens with one attached hydrogen (secondary N) is 2. The molecule has 0 radical (unpaired) electrons. The van der Waals surface area contributed by atoms with Crippen molar-refractivity contribution in [3.05, 3.63) is 16.6 Å². The number of nitrogens with zero attached hydrogens (tertiary/aromatic N) is 1. The number of hydrogen-bond acceptors (Lipinski definition) is 5. The largest absolute Gasteiger partial charge is 0.480 e. The van der Waals surface area contributed by atoms with E-state index in [1.165, 1.54) is 18.4 Å². The van der Waals surface area contributed by atoms with Gasteiger partial charge in [0.15, 0.2) is 0 Å². The minimum Gasteiger partial charge on any atom is -0.480 e. The molecule has 2 amide bonds. The van der Waals surface area contributed by atoms with Crippen molar-refractivity contribution in [1.29, 1.82) is 0 Å². The molecule has 1 aromatic heterocycles. The van der Waals surface area contributed by atoms with Gasteiger partial charge in [-0.2, -0.15) is 0 Å². The highest BCUT2D eigenvalue weighted by molar-refractivity contribution is 7.09. The van der Waals surface area contributed by atoms with Crippen molar-refractivity contribution >= 4 is 23.3 Å². The van der Waals surface area contributed by atoms with Gasteiger partial charge in [-0.25, -0.2) is 14.6 Å². The van der Waals surface area contributed by atoms with Gasteiger partial charge in [-0.1, -0.05) is 6.92 Å². The zero-order valence-electron chi connectivity index (χ0n) is 11.5. The molecule has 3 N–H and O–H groups in total. The number of thiazole rings is 1. The van der Waals surface area contributed by atoms with Gasteiger partial charge in [0.1, 0.15) is 11.0 Å². The van der Waals surface area contributed by atoms with Crippen molar-refractivity contribution < 1.29 is 19.4 Å². The van der Waals surface area contributed by atoms with Crippen molar-refractivity contribution in [3.8, 4) is 0 Å². The highest BCUT2D eigenvalue weighted by atomic mass is 32.1. The van der Waals surface area contributed by atoms with Crippen LogP contribution in [0.15, 0.2) is 11.6 Å². The lowest BCUT2D eigenvalue weighted by molar-refractivity contribution is -0.139. The summed E-state index contributed by atoms with van der Waals surface area (Å²) >= 11 is 1.45. The van der Waals surface area contributed by atoms with Gasteiger partial charge < -0.3 is 20.5 Å². The normalized spacial score (nSPS) is 13.5. The molecule has 8 heteroatoms. The topological polar surface area (TPSA) is 101 Å². The van der Waals surface area contributed by atoms with Crippen LogP contribution in [0.4, 0.5) is 4.79 Å². The Morgan fingerprint density at radius 1 is 1.50 bits per heavy atom. The van der Waals surface area contributed by atoms with Crippen LogP contribution >= 0.6 is 11.3 Å². The first-order valence-electron chi connectivity index (χ1n) is 6.26. The van der Waals surface area contributed by atoms with Crippen molar-refractivity contribution in [1.82, 2.24) is 15.6 Å². The Morgan fingerprint density at radius 3 is 2.75 bits per heavy atom. The monoisotopic (exact) mass is 301 g/mol. The number of carboxylic acids is 1. The van der Waals surface area contributed by atoms with Gasteiger partial charge in [-0.3, -0.25) is 0 Å². The second-order valence-corrected chi connectivity index (χ2v) is 5.05. The smallest absolute Gasteiger partial charge is 0.326 e. The van der Waals surface area contributed by atoms with Crippen molar-refractivity contribution in [3.63, 3.8) is 0 Å². The summed E-state index contributed by atoms with van der Waals surface area (Å²) in [4.78, 5) is 27.0. The van der Waals surface area contributed by atoms with Gasteiger partial charge >= 0.3 is 12.0 Å². The Morgan fingerprint density at radius 2 is 2.25 bits per heavy atom. The van der Waals surface area contributed by atoms with Crippen LogP contribution in [0.25, 0.3) is 0 Å². The summed E-state index contributed by atoms with van der Waals surface area (Å²) < 4.78 is 4.82. The Labute approximate surface area is 121 Å². The molecular formula is C12H19N3O4S. The van der Waals surface area contributed by atoms with Crippen LogP contribution in [-0.2, 0) is 9.53 Å². The van der Waals surface area contributed by atoms with E-state index in [0.717, 1.165) is 5.01 Å². The average molecular weight is 301 g/mol. The number of hydrogen-bond donors (Lipinski definition) is 3. The van der Waals surface area contributed by atoms with Crippen LogP contribution in [0.5, 0.6) is 0 Å². The van der Waals surface area contributed by atoms with E-state index < -0.39 is 18.0 Å². The van der Waals surface area contributed by atoms with E-state index in [9.17, 15) is 9.59 Å². The van der Waals surface area contributed by atoms with Gasteiger partial charge in [0.2, 0.25) is 0 Å². The van der Waals surface area contributed by atoms with Gasteiger partial charge in [-0.15, -0.1) is 11.3 Å². The predicted octanol–water partition coefficient (Wildman–Crippen LogP) is 1.38. The number of ether oxygens (including phenoxy) is 1. The molecule has 112 valence electrons. The highest BCUT2D eigenvalue weighted by Crippen LogP contribution is 2.18. The molecule has 0 aliphatic heterocycles. The average Bonchev–Trinajstić information content (AvgIpc) is 2.94. The van der Waals surface area contributed by atoms with E-state index in [0.29, 0.717) is 6.42 Å². The predicted molar refractivity (Wildman–Crippen MR) is 74.7 cm³/mol. The van der Waals surface area contributed by atoms with Crippen molar-refractivity contribution in [2.75, 3.05) is 13.7 Å². The summed E-state index contributed by atoms with van der Waals surface area (Å²) in [5.41, 5.74) is 0. The lowest BCUT2D eigenvalue weighted by Crippen LogP contribution is -2.47. The highest BCUT2D eigenvalue weighted by Gasteiger charge is 2.21. The molecule has 0 aliphatic carbocycles. The molecule has 1 rings (SSSR count). The fraction of sp³-hybridized carbons (Fsp3) is 0.583. The third kappa shape index (κ3) is 5.14. The van der Waals surface area contributed by atoms with Crippen LogP contribution < -0.4 is 10.6 Å². The number of urea groups is 1. The number of carbonyl (C=O) groups excluding carboxylic acids is 1. The summed E-state index contributed by atoms with van der Waals surface area (Å²) in [6, 6.07) is -1.70. The number of aromatic nitrogens is 1. The van der Waals surface area contributed by atoms with Gasteiger partial charge in [0.05, 0.1) is 6.04 Å². The summed E-state index contributed by atoms with van der Waals surface area (Å²) in [5, 5.41) is 16.8. The Balaban J connectivity index is 2.53. The molecule has 1 heterocycles. The second kappa shape index (κ2) is 8.49. The lowest BCUT2D eigenvalue weighted by Gasteiger charge is -2.18. The fourth-order valence-electron chi connectivity index (χ4n) is 1.60. The minimum absolute atomic E-state index is 0.216. The van der Waals surface area contributed by atoms with E-state index in [-0.39, 0.29) is 19.1 Å². The maximum Gasteiger partial charge on any atom is 0.326 e. The molecule has 2 unspecified atom stereocenters. The molecule has 0 bridgehead atoms. The molecule has 0 aliphatic rings. The third-order valence-corrected chi connectivity index (χ3v) is 3.57. The quantitative estimate of drug-likeness (QED) is 0.673. The lowest BCUT2D eigenvalue weighted by atomic mass is 10.2. The standard InChI is InChI=1S/C12H19N3O4S/c1-3-8(10-13-5-7-20-10)14-12(18)15-9(11(16)17)4-6-19-2/h5,7-9H,3-4,6H2,1-2H3,(H,16,17)(H2,14,15,18). The van der Waals surface area contributed by atoms with Gasteiger partial charge in [0.25, 0.3) is 0 Å². The van der Waals surface area contributed by atoms with E-state index in [2.05, 4.69) is 15.6 Å². The Hall–Kier alpha value is -1.67. The first-order valence-corrected chi connectivity index (χ1v) is 7.14. The molecule has 20 heavy (non-hydrogen) atoms.